The maximum absolute atomic E-state index is 12.0. The maximum Gasteiger partial charge on any atom is 0.222 e. The molecule has 2 rings (SSSR count). The fourth-order valence-corrected chi connectivity index (χ4v) is 2.83. The van der Waals surface area contributed by atoms with E-state index in [4.69, 9.17) is 11.5 Å². The number of benzene rings is 1. The van der Waals surface area contributed by atoms with E-state index in [2.05, 4.69) is 5.32 Å². The number of carbonyl (C=O) groups is 2. The van der Waals surface area contributed by atoms with Gasteiger partial charge in [-0.25, -0.2) is 0 Å². The molecule has 1 aromatic rings. The first-order valence-corrected chi connectivity index (χ1v) is 7.45. The van der Waals surface area contributed by atoms with Gasteiger partial charge in [0.25, 0.3) is 0 Å². The third-order valence-electron chi connectivity index (χ3n) is 4.13. The molecule has 1 atom stereocenters. The Bertz CT molecular complexity index is 482. The van der Waals surface area contributed by atoms with Crippen LogP contribution in [0.4, 0.5) is 0 Å². The Morgan fingerprint density at radius 1 is 1.14 bits per heavy atom. The summed E-state index contributed by atoms with van der Waals surface area (Å²) < 4.78 is 0. The van der Waals surface area contributed by atoms with Crippen LogP contribution in [0.3, 0.4) is 0 Å². The molecule has 1 unspecified atom stereocenters. The Kier molecular flexibility index (Phi) is 5.33. The van der Waals surface area contributed by atoms with E-state index >= 15 is 0 Å². The molecule has 21 heavy (non-hydrogen) atoms. The molecule has 1 aliphatic rings. The van der Waals surface area contributed by atoms with Crippen molar-refractivity contribution in [2.45, 2.75) is 44.2 Å². The predicted molar refractivity (Wildman–Crippen MR) is 81.1 cm³/mol. The van der Waals surface area contributed by atoms with E-state index in [1.165, 1.54) is 0 Å². The van der Waals surface area contributed by atoms with Crippen LogP contribution in [0, 0.1) is 5.92 Å². The van der Waals surface area contributed by atoms with Crippen LogP contribution in [-0.4, -0.2) is 17.9 Å². The zero-order valence-corrected chi connectivity index (χ0v) is 12.1. The van der Waals surface area contributed by atoms with Crippen molar-refractivity contribution < 1.29 is 9.59 Å². The summed E-state index contributed by atoms with van der Waals surface area (Å²) >= 11 is 0. The Balaban J connectivity index is 1.76. The Labute approximate surface area is 125 Å². The Morgan fingerprint density at radius 2 is 1.76 bits per heavy atom. The monoisotopic (exact) mass is 289 g/mol. The minimum absolute atomic E-state index is 0.0334. The summed E-state index contributed by atoms with van der Waals surface area (Å²) in [6.07, 6.45) is 3.40. The lowest BCUT2D eigenvalue weighted by Gasteiger charge is -2.27. The number of carbonyl (C=O) groups excluding carboxylic acids is 2. The summed E-state index contributed by atoms with van der Waals surface area (Å²) in [6.45, 7) is 0. The minimum Gasteiger partial charge on any atom is -0.369 e. The molecule has 0 aliphatic heterocycles. The van der Waals surface area contributed by atoms with Gasteiger partial charge in [0.15, 0.2) is 0 Å². The molecule has 1 fully saturated rings. The number of amides is 2. The van der Waals surface area contributed by atoms with Gasteiger partial charge in [-0.05, 0) is 31.2 Å². The fraction of sp³-hybridized carbons (Fsp3) is 0.500. The van der Waals surface area contributed by atoms with Crippen molar-refractivity contribution in [2.75, 3.05) is 0 Å². The first-order chi connectivity index (χ1) is 10.1. The van der Waals surface area contributed by atoms with Crippen LogP contribution in [0.1, 0.15) is 43.7 Å². The number of nitrogens with two attached hydrogens (primary N) is 2. The number of nitrogens with one attached hydrogen (secondary N) is 1. The molecule has 0 heterocycles. The Morgan fingerprint density at radius 3 is 2.33 bits per heavy atom. The summed E-state index contributed by atoms with van der Waals surface area (Å²) in [4.78, 5) is 23.1. The average molecular weight is 289 g/mol. The molecule has 2 amide bonds. The molecule has 5 nitrogen and oxygen atoms in total. The minimum atomic E-state index is -0.284. The van der Waals surface area contributed by atoms with Crippen LogP contribution in [0.2, 0.25) is 0 Å². The van der Waals surface area contributed by atoms with Gasteiger partial charge in [0, 0.05) is 24.4 Å². The van der Waals surface area contributed by atoms with Crippen LogP contribution in [-0.2, 0) is 9.59 Å². The molecule has 0 saturated heterocycles. The van der Waals surface area contributed by atoms with Crippen molar-refractivity contribution in [2.24, 2.45) is 17.4 Å². The van der Waals surface area contributed by atoms with Gasteiger partial charge in [-0.1, -0.05) is 30.3 Å². The van der Waals surface area contributed by atoms with Gasteiger partial charge in [-0.3, -0.25) is 9.59 Å². The first-order valence-electron chi connectivity index (χ1n) is 7.45. The first kappa shape index (κ1) is 15.5. The molecule has 1 aromatic carbocycles. The van der Waals surface area contributed by atoms with Crippen molar-refractivity contribution in [3.63, 3.8) is 0 Å². The summed E-state index contributed by atoms with van der Waals surface area (Å²) in [7, 11) is 0. The van der Waals surface area contributed by atoms with Gasteiger partial charge >= 0.3 is 0 Å². The molecule has 114 valence electrons. The summed E-state index contributed by atoms with van der Waals surface area (Å²) in [5, 5.41) is 3.01. The molecule has 1 saturated carbocycles. The average Bonchev–Trinajstić information content (AvgIpc) is 2.48. The van der Waals surface area contributed by atoms with Crippen LogP contribution >= 0.6 is 0 Å². The van der Waals surface area contributed by atoms with Crippen molar-refractivity contribution in [1.82, 2.24) is 5.32 Å². The van der Waals surface area contributed by atoms with Crippen LogP contribution < -0.4 is 16.8 Å². The predicted octanol–water partition coefficient (Wildman–Crippen LogP) is 1.24. The number of hydrogen-bond acceptors (Lipinski definition) is 3. The zero-order valence-electron chi connectivity index (χ0n) is 12.1. The van der Waals surface area contributed by atoms with Gasteiger partial charge in [0.1, 0.15) is 0 Å². The summed E-state index contributed by atoms with van der Waals surface area (Å²) in [5.41, 5.74) is 12.3. The highest BCUT2D eigenvalue weighted by Crippen LogP contribution is 2.24. The second-order valence-electron chi connectivity index (χ2n) is 5.74. The third-order valence-corrected chi connectivity index (χ3v) is 4.13. The fourth-order valence-electron chi connectivity index (χ4n) is 2.83. The van der Waals surface area contributed by atoms with Gasteiger partial charge in [-0.2, -0.15) is 0 Å². The highest BCUT2D eigenvalue weighted by Gasteiger charge is 2.25. The van der Waals surface area contributed by atoms with Gasteiger partial charge < -0.3 is 16.8 Å². The van der Waals surface area contributed by atoms with Crippen molar-refractivity contribution in [3.8, 4) is 0 Å². The van der Waals surface area contributed by atoms with E-state index in [0.717, 1.165) is 31.2 Å². The molecule has 0 radical (unpaired) electrons. The SMILES string of the molecule is NC(=O)C1CCC(NC(=O)CC(N)c2ccccc2)CC1. The second kappa shape index (κ2) is 7.22. The number of hydrogen-bond donors (Lipinski definition) is 3. The highest BCUT2D eigenvalue weighted by atomic mass is 16.2. The lowest BCUT2D eigenvalue weighted by atomic mass is 9.85. The van der Waals surface area contributed by atoms with E-state index < -0.39 is 0 Å². The van der Waals surface area contributed by atoms with E-state index in [1.807, 2.05) is 30.3 Å². The smallest absolute Gasteiger partial charge is 0.222 e. The topological polar surface area (TPSA) is 98.2 Å². The molecule has 1 aliphatic carbocycles. The van der Waals surface area contributed by atoms with Gasteiger partial charge in [0.2, 0.25) is 11.8 Å². The largest absolute Gasteiger partial charge is 0.369 e. The molecule has 0 bridgehead atoms. The zero-order chi connectivity index (χ0) is 15.2. The molecular formula is C16H23N3O2. The van der Waals surface area contributed by atoms with Crippen LogP contribution in [0.5, 0.6) is 0 Å². The van der Waals surface area contributed by atoms with Crippen LogP contribution in [0.25, 0.3) is 0 Å². The molecular weight excluding hydrogens is 266 g/mol. The Hall–Kier alpha value is -1.88. The molecule has 0 spiro atoms. The second-order valence-corrected chi connectivity index (χ2v) is 5.74. The van der Waals surface area contributed by atoms with Crippen molar-refractivity contribution in [3.05, 3.63) is 35.9 Å². The lowest BCUT2D eigenvalue weighted by Crippen LogP contribution is -2.40. The van der Waals surface area contributed by atoms with Crippen LogP contribution in [0.15, 0.2) is 30.3 Å². The van der Waals surface area contributed by atoms with Crippen molar-refractivity contribution in [1.29, 1.82) is 0 Å². The molecule has 0 aromatic heterocycles. The maximum atomic E-state index is 12.0. The van der Waals surface area contributed by atoms with Gasteiger partial charge in [0.05, 0.1) is 0 Å². The third kappa shape index (κ3) is 4.56. The van der Waals surface area contributed by atoms with Crippen molar-refractivity contribution >= 4 is 11.8 Å². The van der Waals surface area contributed by atoms with E-state index in [0.29, 0.717) is 0 Å². The molecule has 5 heteroatoms. The van der Waals surface area contributed by atoms with E-state index in [1.54, 1.807) is 0 Å². The highest BCUT2D eigenvalue weighted by molar-refractivity contribution is 5.78. The summed E-state index contributed by atoms with van der Waals surface area (Å²) in [5.74, 6) is -0.301. The normalized spacial score (nSPS) is 23.3. The number of rotatable bonds is 5. The van der Waals surface area contributed by atoms with Gasteiger partial charge in [-0.15, -0.1) is 0 Å². The molecule has 5 N–H and O–H groups in total. The number of primary amides is 1. The van der Waals surface area contributed by atoms with E-state index in [-0.39, 0.29) is 36.2 Å². The van der Waals surface area contributed by atoms with E-state index in [9.17, 15) is 9.59 Å². The lowest BCUT2D eigenvalue weighted by molar-refractivity contribution is -0.123. The standard InChI is InChI=1S/C16H23N3O2/c17-14(11-4-2-1-3-5-11)10-15(20)19-13-8-6-12(7-9-13)16(18)21/h1-5,12-14H,6-10,17H2,(H2,18,21)(H,19,20). The summed E-state index contributed by atoms with van der Waals surface area (Å²) in [6, 6.07) is 9.46. The quantitative estimate of drug-likeness (QED) is 0.760.